The molecule has 2 aromatic carbocycles. The fourth-order valence-corrected chi connectivity index (χ4v) is 3.88. The summed E-state index contributed by atoms with van der Waals surface area (Å²) < 4.78 is 18.8. The summed E-state index contributed by atoms with van der Waals surface area (Å²) in [5.41, 5.74) is 3.04. The van der Waals surface area contributed by atoms with E-state index in [0.717, 1.165) is 49.5 Å². The van der Waals surface area contributed by atoms with Gasteiger partial charge in [-0.2, -0.15) is 0 Å². The van der Waals surface area contributed by atoms with Crippen LogP contribution in [0.2, 0.25) is 0 Å². The maximum atomic E-state index is 13.0. The normalized spacial score (nSPS) is 14.8. The summed E-state index contributed by atoms with van der Waals surface area (Å²) >= 11 is 0. The maximum absolute atomic E-state index is 13.0. The Labute approximate surface area is 188 Å². The largest absolute Gasteiger partial charge is 0.487 e. The van der Waals surface area contributed by atoms with Crippen LogP contribution in [0, 0.1) is 11.7 Å². The van der Waals surface area contributed by atoms with Crippen molar-refractivity contribution < 1.29 is 13.9 Å². The molecule has 32 heavy (non-hydrogen) atoms. The van der Waals surface area contributed by atoms with Crippen LogP contribution in [-0.4, -0.2) is 28.9 Å². The number of benzene rings is 2. The minimum absolute atomic E-state index is 0.0362. The molecule has 0 saturated carbocycles. The fraction of sp³-hybridized carbons (Fsp3) is 0.308. The molecule has 0 bridgehead atoms. The number of aromatic nitrogens is 1. The highest BCUT2D eigenvalue weighted by Gasteiger charge is 2.24. The highest BCUT2D eigenvalue weighted by atomic mass is 19.1. The van der Waals surface area contributed by atoms with Crippen LogP contribution in [-0.2, 0) is 24.5 Å². The van der Waals surface area contributed by atoms with Crippen molar-refractivity contribution >= 4 is 5.91 Å². The van der Waals surface area contributed by atoms with Crippen molar-refractivity contribution in [2.24, 2.45) is 5.92 Å². The number of amides is 1. The molecule has 1 amide bonds. The Kier molecular flexibility index (Phi) is 7.46. The molecule has 1 saturated heterocycles. The first-order valence-electron chi connectivity index (χ1n) is 11.0. The standard InChI is InChI=1S/C26H28FN3O2/c27-23-8-4-20(5-9-23)17-29-26(31)22-12-15-30(16-13-22)18-21-6-10-25(11-7-21)32-19-24-3-1-2-14-28-24/h1-11,14,22H,12-13,15-19H2,(H,29,31). The van der Waals surface area contributed by atoms with Crippen LogP contribution < -0.4 is 10.1 Å². The molecular formula is C26H28FN3O2. The third kappa shape index (κ3) is 6.37. The molecule has 1 N–H and O–H groups in total. The molecule has 0 unspecified atom stereocenters. The van der Waals surface area contributed by atoms with Gasteiger partial charge in [-0.3, -0.25) is 14.7 Å². The average Bonchev–Trinajstić information content (AvgIpc) is 2.84. The fourth-order valence-electron chi connectivity index (χ4n) is 3.88. The Morgan fingerprint density at radius 3 is 2.41 bits per heavy atom. The van der Waals surface area contributed by atoms with Crippen LogP contribution in [0.1, 0.15) is 29.7 Å². The summed E-state index contributed by atoms with van der Waals surface area (Å²) in [4.78, 5) is 19.1. The number of nitrogens with zero attached hydrogens (tertiary/aromatic N) is 2. The molecule has 1 fully saturated rings. The van der Waals surface area contributed by atoms with Crippen LogP contribution in [0.5, 0.6) is 5.75 Å². The Morgan fingerprint density at radius 1 is 1.00 bits per heavy atom. The minimum atomic E-state index is -0.265. The molecule has 0 spiro atoms. The first-order valence-corrected chi connectivity index (χ1v) is 11.0. The second-order valence-corrected chi connectivity index (χ2v) is 8.15. The van der Waals surface area contributed by atoms with Crippen molar-refractivity contribution in [2.45, 2.75) is 32.5 Å². The zero-order valence-electron chi connectivity index (χ0n) is 18.0. The molecular weight excluding hydrogens is 405 g/mol. The highest BCUT2D eigenvalue weighted by Crippen LogP contribution is 2.21. The van der Waals surface area contributed by atoms with Crippen molar-refractivity contribution in [3.63, 3.8) is 0 Å². The molecule has 1 aliphatic rings. The van der Waals surface area contributed by atoms with Crippen LogP contribution >= 0.6 is 0 Å². The second-order valence-electron chi connectivity index (χ2n) is 8.15. The SMILES string of the molecule is O=C(NCc1ccc(F)cc1)C1CCN(Cc2ccc(OCc3ccccn3)cc2)CC1. The van der Waals surface area contributed by atoms with Crippen LogP contribution in [0.3, 0.4) is 0 Å². The predicted octanol–water partition coefficient (Wildman–Crippen LogP) is 4.33. The summed E-state index contributed by atoms with van der Waals surface area (Å²) in [6, 6.07) is 20.2. The number of piperidine rings is 1. The zero-order valence-corrected chi connectivity index (χ0v) is 18.0. The second kappa shape index (κ2) is 10.9. The van der Waals surface area contributed by atoms with E-state index in [4.69, 9.17) is 4.74 Å². The smallest absolute Gasteiger partial charge is 0.223 e. The molecule has 6 heteroatoms. The monoisotopic (exact) mass is 433 g/mol. The van der Waals surface area contributed by atoms with E-state index in [1.54, 1.807) is 18.3 Å². The first-order chi connectivity index (χ1) is 15.7. The molecule has 1 aliphatic heterocycles. The van der Waals surface area contributed by atoms with Crippen molar-refractivity contribution in [2.75, 3.05) is 13.1 Å². The lowest BCUT2D eigenvalue weighted by atomic mass is 9.95. The van der Waals surface area contributed by atoms with E-state index in [-0.39, 0.29) is 17.6 Å². The number of ether oxygens (including phenoxy) is 1. The lowest BCUT2D eigenvalue weighted by Crippen LogP contribution is -2.40. The Bertz CT molecular complexity index is 986. The van der Waals surface area contributed by atoms with Crippen LogP contribution in [0.15, 0.2) is 72.9 Å². The highest BCUT2D eigenvalue weighted by molar-refractivity contribution is 5.78. The number of carbonyl (C=O) groups excluding carboxylic acids is 1. The Balaban J connectivity index is 1.18. The van der Waals surface area contributed by atoms with Gasteiger partial charge in [-0.05, 0) is 73.5 Å². The number of rotatable bonds is 8. The molecule has 3 aromatic rings. The summed E-state index contributed by atoms with van der Waals surface area (Å²) in [5.74, 6) is 0.687. The Hall–Kier alpha value is -3.25. The number of carbonyl (C=O) groups is 1. The summed E-state index contributed by atoms with van der Waals surface area (Å²) in [7, 11) is 0. The van der Waals surface area contributed by atoms with Crippen LogP contribution in [0.4, 0.5) is 4.39 Å². The third-order valence-electron chi connectivity index (χ3n) is 5.78. The summed E-state index contributed by atoms with van der Waals surface area (Å²) in [6.07, 6.45) is 3.46. The van der Waals surface area contributed by atoms with E-state index in [1.807, 2.05) is 30.3 Å². The maximum Gasteiger partial charge on any atom is 0.223 e. The van der Waals surface area contributed by atoms with Gasteiger partial charge >= 0.3 is 0 Å². The number of hydrogen-bond acceptors (Lipinski definition) is 4. The molecule has 1 aromatic heterocycles. The molecule has 0 aliphatic carbocycles. The molecule has 0 atom stereocenters. The first kappa shape index (κ1) is 22.0. The topological polar surface area (TPSA) is 54.5 Å². The van der Waals surface area contributed by atoms with Gasteiger partial charge in [-0.1, -0.05) is 30.3 Å². The molecule has 2 heterocycles. The third-order valence-corrected chi connectivity index (χ3v) is 5.78. The van der Waals surface area contributed by atoms with Gasteiger partial charge < -0.3 is 10.1 Å². The Morgan fingerprint density at radius 2 is 1.72 bits per heavy atom. The lowest BCUT2D eigenvalue weighted by Gasteiger charge is -2.31. The van der Waals surface area contributed by atoms with Gasteiger partial charge in [-0.15, -0.1) is 0 Å². The van der Waals surface area contributed by atoms with Gasteiger partial charge in [0.05, 0.1) is 5.69 Å². The zero-order chi connectivity index (χ0) is 22.2. The molecule has 0 radical (unpaired) electrons. The van der Waals surface area contributed by atoms with Gasteiger partial charge in [0, 0.05) is 25.2 Å². The predicted molar refractivity (Wildman–Crippen MR) is 121 cm³/mol. The van der Waals surface area contributed by atoms with Crippen molar-refractivity contribution in [1.29, 1.82) is 0 Å². The van der Waals surface area contributed by atoms with Crippen LogP contribution in [0.25, 0.3) is 0 Å². The van der Waals surface area contributed by atoms with E-state index in [0.29, 0.717) is 13.2 Å². The number of nitrogens with one attached hydrogen (secondary N) is 1. The number of likely N-dealkylation sites (tertiary alicyclic amines) is 1. The van der Waals surface area contributed by atoms with E-state index in [1.165, 1.54) is 17.7 Å². The quantitative estimate of drug-likeness (QED) is 0.575. The average molecular weight is 434 g/mol. The molecule has 4 rings (SSSR count). The van der Waals surface area contributed by atoms with Gasteiger partial charge in [0.1, 0.15) is 18.2 Å². The van der Waals surface area contributed by atoms with Crippen molar-refractivity contribution in [3.05, 3.63) is 95.6 Å². The number of pyridine rings is 1. The summed E-state index contributed by atoms with van der Waals surface area (Å²) in [6.45, 7) is 3.55. The molecule has 5 nitrogen and oxygen atoms in total. The van der Waals surface area contributed by atoms with Gasteiger partial charge in [0.15, 0.2) is 0 Å². The number of halogens is 1. The van der Waals surface area contributed by atoms with E-state index < -0.39 is 0 Å². The van der Waals surface area contributed by atoms with Crippen molar-refractivity contribution in [1.82, 2.24) is 15.2 Å². The van der Waals surface area contributed by atoms with E-state index in [9.17, 15) is 9.18 Å². The van der Waals surface area contributed by atoms with Gasteiger partial charge in [0.2, 0.25) is 5.91 Å². The van der Waals surface area contributed by atoms with Gasteiger partial charge in [0.25, 0.3) is 0 Å². The van der Waals surface area contributed by atoms with Gasteiger partial charge in [-0.25, -0.2) is 4.39 Å². The molecule has 166 valence electrons. The minimum Gasteiger partial charge on any atom is -0.487 e. The summed E-state index contributed by atoms with van der Waals surface area (Å²) in [5, 5.41) is 2.98. The van der Waals surface area contributed by atoms with Crippen molar-refractivity contribution in [3.8, 4) is 5.75 Å². The van der Waals surface area contributed by atoms with E-state index >= 15 is 0 Å². The van der Waals surface area contributed by atoms with E-state index in [2.05, 4.69) is 27.3 Å². The number of hydrogen-bond donors (Lipinski definition) is 1. The lowest BCUT2D eigenvalue weighted by molar-refractivity contribution is -0.126.